The van der Waals surface area contributed by atoms with E-state index < -0.39 is 0 Å². The molecule has 11 rings (SSSR count). The van der Waals surface area contributed by atoms with Crippen molar-refractivity contribution in [3.05, 3.63) is 215 Å². The SMILES string of the molecule is CC1(C)c2ccc(N(c3ccccc3)c3cccc4c3[C@]3(CCc5cccc(N(c6ccccc6)c6ccccc6)c53)CC4)cc2-c2cc3ccccc3cc21. The molecule has 0 saturated heterocycles. The van der Waals surface area contributed by atoms with Gasteiger partial charge in [-0.1, -0.05) is 123 Å². The van der Waals surface area contributed by atoms with E-state index in [0.29, 0.717) is 0 Å². The molecule has 2 nitrogen and oxygen atoms in total. The lowest BCUT2D eigenvalue weighted by Gasteiger charge is -2.37. The summed E-state index contributed by atoms with van der Waals surface area (Å²) < 4.78 is 0. The summed E-state index contributed by atoms with van der Waals surface area (Å²) in [4.78, 5) is 5.05. The van der Waals surface area contributed by atoms with Crippen LogP contribution in [0.2, 0.25) is 0 Å². The smallest absolute Gasteiger partial charge is 0.0505 e. The highest BCUT2D eigenvalue weighted by atomic mass is 15.2. The zero-order valence-corrected chi connectivity index (χ0v) is 32.0. The predicted molar refractivity (Wildman–Crippen MR) is 235 cm³/mol. The van der Waals surface area contributed by atoms with Gasteiger partial charge in [0.05, 0.1) is 11.4 Å². The van der Waals surface area contributed by atoms with Crippen LogP contribution < -0.4 is 9.80 Å². The second-order valence-corrected chi connectivity index (χ2v) is 16.5. The molecule has 0 aromatic heterocycles. The fourth-order valence-electron chi connectivity index (χ4n) is 10.7. The van der Waals surface area contributed by atoms with Gasteiger partial charge in [0.25, 0.3) is 0 Å². The molecule has 2 heteroatoms. The van der Waals surface area contributed by atoms with Crippen molar-refractivity contribution in [3.8, 4) is 11.1 Å². The third-order valence-electron chi connectivity index (χ3n) is 13.2. The van der Waals surface area contributed by atoms with Gasteiger partial charge in [0, 0.05) is 33.6 Å². The molecule has 0 unspecified atom stereocenters. The molecule has 0 bridgehead atoms. The first-order valence-corrected chi connectivity index (χ1v) is 20.2. The van der Waals surface area contributed by atoms with Gasteiger partial charge < -0.3 is 9.80 Å². The Labute approximate surface area is 330 Å². The van der Waals surface area contributed by atoms with E-state index in [-0.39, 0.29) is 10.8 Å². The van der Waals surface area contributed by atoms with Gasteiger partial charge in [-0.3, -0.25) is 0 Å². The van der Waals surface area contributed by atoms with Crippen molar-refractivity contribution < 1.29 is 0 Å². The lowest BCUT2D eigenvalue weighted by atomic mass is 9.74. The number of aryl methyl sites for hydroxylation is 2. The van der Waals surface area contributed by atoms with E-state index in [1.165, 1.54) is 89.4 Å². The standard InChI is InChI=1S/C54H44N2/c1-53(2)47-29-28-44(36-46(47)45-34-39-16-12-13-17-40(39)35-48(45)53)56(43-24-10-5-11-25-43)50-27-15-19-38-31-33-54(52(38)50)32-30-37-18-14-26-49(51(37)54)55(41-20-6-3-7-21-41)42-22-8-4-9-23-42/h3-29,34-36H,30-33H2,1-2H3/t54-/m1/s1. The minimum Gasteiger partial charge on any atom is -0.310 e. The van der Waals surface area contributed by atoms with E-state index >= 15 is 0 Å². The zero-order valence-electron chi connectivity index (χ0n) is 32.0. The molecule has 270 valence electrons. The Bertz CT molecular complexity index is 2740. The van der Waals surface area contributed by atoms with Gasteiger partial charge in [-0.2, -0.15) is 0 Å². The van der Waals surface area contributed by atoms with Crippen molar-refractivity contribution in [1.82, 2.24) is 0 Å². The molecular weight excluding hydrogens is 677 g/mol. The monoisotopic (exact) mass is 720 g/mol. The van der Waals surface area contributed by atoms with E-state index in [1.807, 2.05) is 0 Å². The maximum atomic E-state index is 2.56. The van der Waals surface area contributed by atoms with Gasteiger partial charge in [0.1, 0.15) is 0 Å². The van der Waals surface area contributed by atoms with Gasteiger partial charge >= 0.3 is 0 Å². The third kappa shape index (κ3) is 4.88. The minimum atomic E-state index is -0.128. The van der Waals surface area contributed by atoms with Gasteiger partial charge in [-0.15, -0.1) is 0 Å². The number of rotatable bonds is 6. The topological polar surface area (TPSA) is 6.48 Å². The van der Waals surface area contributed by atoms with Crippen molar-refractivity contribution >= 4 is 44.9 Å². The van der Waals surface area contributed by atoms with Crippen LogP contribution in [0.5, 0.6) is 0 Å². The van der Waals surface area contributed by atoms with Gasteiger partial charge in [-0.05, 0) is 154 Å². The quantitative estimate of drug-likeness (QED) is 0.169. The minimum absolute atomic E-state index is 0.0871. The van der Waals surface area contributed by atoms with Crippen LogP contribution in [0.1, 0.15) is 60.1 Å². The molecule has 0 amide bonds. The summed E-state index contributed by atoms with van der Waals surface area (Å²) in [5.74, 6) is 0. The molecule has 3 aliphatic carbocycles. The zero-order chi connectivity index (χ0) is 37.4. The largest absolute Gasteiger partial charge is 0.310 e. The molecule has 8 aromatic carbocycles. The van der Waals surface area contributed by atoms with Crippen molar-refractivity contribution in [1.29, 1.82) is 0 Å². The lowest BCUT2D eigenvalue weighted by molar-refractivity contribution is 0.508. The van der Waals surface area contributed by atoms with Crippen LogP contribution in [0, 0.1) is 0 Å². The second kappa shape index (κ2) is 12.6. The van der Waals surface area contributed by atoms with Crippen molar-refractivity contribution in [2.24, 2.45) is 0 Å². The van der Waals surface area contributed by atoms with E-state index in [0.717, 1.165) is 25.7 Å². The first-order valence-electron chi connectivity index (χ1n) is 20.2. The van der Waals surface area contributed by atoms with Crippen molar-refractivity contribution in [2.75, 3.05) is 9.80 Å². The summed E-state index contributed by atoms with van der Waals surface area (Å²) >= 11 is 0. The number of para-hydroxylation sites is 3. The van der Waals surface area contributed by atoms with E-state index in [1.54, 1.807) is 0 Å². The molecule has 8 aromatic rings. The molecule has 3 aliphatic rings. The first-order chi connectivity index (χ1) is 27.5. The maximum absolute atomic E-state index is 2.56. The molecule has 0 heterocycles. The van der Waals surface area contributed by atoms with Gasteiger partial charge in [0.2, 0.25) is 0 Å². The Morgan fingerprint density at radius 1 is 0.393 bits per heavy atom. The van der Waals surface area contributed by atoms with Crippen LogP contribution in [0.25, 0.3) is 21.9 Å². The highest BCUT2D eigenvalue weighted by Crippen LogP contribution is 2.60. The average Bonchev–Trinajstić information content (AvgIpc) is 3.89. The Hall–Kier alpha value is -6.38. The Morgan fingerprint density at radius 3 is 1.39 bits per heavy atom. The van der Waals surface area contributed by atoms with Crippen LogP contribution in [-0.2, 0) is 23.7 Å². The number of nitrogens with zero attached hydrogens (tertiary/aromatic N) is 2. The van der Waals surface area contributed by atoms with E-state index in [4.69, 9.17) is 0 Å². The molecule has 0 fully saturated rings. The lowest BCUT2D eigenvalue weighted by Crippen LogP contribution is -2.27. The average molecular weight is 721 g/mol. The molecule has 0 saturated carbocycles. The van der Waals surface area contributed by atoms with Crippen molar-refractivity contribution in [3.63, 3.8) is 0 Å². The summed E-state index contributed by atoms with van der Waals surface area (Å²) in [7, 11) is 0. The fourth-order valence-corrected chi connectivity index (χ4v) is 10.7. The summed E-state index contributed by atoms with van der Waals surface area (Å²) in [5, 5.41) is 2.59. The normalized spacial score (nSPS) is 17.0. The van der Waals surface area contributed by atoms with Crippen LogP contribution in [0.4, 0.5) is 34.1 Å². The maximum Gasteiger partial charge on any atom is 0.0505 e. The summed E-state index contributed by atoms with van der Waals surface area (Å²) in [5.41, 5.74) is 18.5. The molecule has 1 atom stereocenters. The molecule has 0 aliphatic heterocycles. The highest BCUT2D eigenvalue weighted by molar-refractivity contribution is 5.95. The Kier molecular flexibility index (Phi) is 7.41. The molecular formula is C54H44N2. The first kappa shape index (κ1) is 33.0. The fraction of sp³-hybridized carbons (Fsp3) is 0.148. The third-order valence-corrected chi connectivity index (χ3v) is 13.2. The summed E-state index contributed by atoms with van der Waals surface area (Å²) in [6.07, 6.45) is 4.33. The van der Waals surface area contributed by atoms with E-state index in [9.17, 15) is 0 Å². The number of benzene rings is 8. The summed E-state index contributed by atoms with van der Waals surface area (Å²) in [6, 6.07) is 67.9. The van der Waals surface area contributed by atoms with Gasteiger partial charge in [0.15, 0.2) is 0 Å². The van der Waals surface area contributed by atoms with Crippen LogP contribution in [0.15, 0.2) is 182 Å². The Balaban J connectivity index is 1.13. The molecule has 0 N–H and O–H groups in total. The number of hydrogen-bond acceptors (Lipinski definition) is 2. The number of fused-ring (bicyclic) bond motifs is 8. The second-order valence-electron chi connectivity index (χ2n) is 16.5. The molecule has 0 radical (unpaired) electrons. The Morgan fingerprint density at radius 2 is 0.857 bits per heavy atom. The van der Waals surface area contributed by atoms with E-state index in [2.05, 4.69) is 206 Å². The molecule has 56 heavy (non-hydrogen) atoms. The van der Waals surface area contributed by atoms with Crippen LogP contribution in [-0.4, -0.2) is 0 Å². The van der Waals surface area contributed by atoms with Crippen LogP contribution >= 0.6 is 0 Å². The number of anilines is 6. The molecule has 1 spiro atoms. The van der Waals surface area contributed by atoms with Gasteiger partial charge in [-0.25, -0.2) is 0 Å². The van der Waals surface area contributed by atoms with Crippen LogP contribution in [0.3, 0.4) is 0 Å². The highest BCUT2D eigenvalue weighted by Gasteiger charge is 2.49. The number of hydrogen-bond donors (Lipinski definition) is 0. The van der Waals surface area contributed by atoms with Crippen molar-refractivity contribution in [2.45, 2.75) is 50.4 Å². The predicted octanol–water partition coefficient (Wildman–Crippen LogP) is 14.3. The summed E-state index contributed by atoms with van der Waals surface area (Å²) in [6.45, 7) is 4.77.